The molecule has 0 radical (unpaired) electrons. The second-order valence-electron chi connectivity index (χ2n) is 5.27. The molecule has 0 atom stereocenters. The number of nitrogens with one attached hydrogen (secondary N) is 2. The molecule has 2 N–H and O–H groups in total. The van der Waals surface area contributed by atoms with Gasteiger partial charge in [-0.25, -0.2) is 19.3 Å². The van der Waals surface area contributed by atoms with E-state index in [1.807, 2.05) is 6.92 Å². The van der Waals surface area contributed by atoms with Crippen molar-refractivity contribution >= 4 is 40.4 Å². The van der Waals surface area contributed by atoms with Gasteiger partial charge in [0.2, 0.25) is 11.6 Å². The monoisotopic (exact) mass is 374 g/mol. The normalized spacial score (nSPS) is 10.4. The molecule has 2 heterocycles. The maximum absolute atomic E-state index is 13.3. The van der Waals surface area contributed by atoms with Gasteiger partial charge >= 0.3 is 5.69 Å². The lowest BCUT2D eigenvalue weighted by Gasteiger charge is -2.10. The first kappa shape index (κ1) is 17.5. The van der Waals surface area contributed by atoms with Crippen LogP contribution in [0.2, 0.25) is 5.02 Å². The average Bonchev–Trinajstić information content (AvgIpc) is 2.58. The number of nitro groups is 1. The molecule has 0 saturated heterocycles. The fourth-order valence-electron chi connectivity index (χ4n) is 2.17. The molecule has 26 heavy (non-hydrogen) atoms. The number of benzene rings is 1. The maximum Gasteiger partial charge on any atom is 0.353 e. The second kappa shape index (κ2) is 7.28. The van der Waals surface area contributed by atoms with Gasteiger partial charge in [-0.05, 0) is 42.8 Å². The van der Waals surface area contributed by atoms with E-state index in [4.69, 9.17) is 11.6 Å². The zero-order valence-corrected chi connectivity index (χ0v) is 14.2. The van der Waals surface area contributed by atoms with Crippen LogP contribution in [-0.2, 0) is 0 Å². The minimum atomic E-state index is -0.619. The molecule has 0 spiro atoms. The van der Waals surface area contributed by atoms with E-state index in [9.17, 15) is 14.5 Å². The molecule has 8 nitrogen and oxygen atoms in total. The summed E-state index contributed by atoms with van der Waals surface area (Å²) in [5.41, 5.74) is 0.896. The Morgan fingerprint density at radius 3 is 2.50 bits per heavy atom. The fourth-order valence-corrected chi connectivity index (χ4v) is 2.35. The van der Waals surface area contributed by atoms with Crippen LogP contribution in [0.3, 0.4) is 0 Å². The average molecular weight is 375 g/mol. The summed E-state index contributed by atoms with van der Waals surface area (Å²) in [5.74, 6) is -0.286. The van der Waals surface area contributed by atoms with Gasteiger partial charge in [0.15, 0.2) is 0 Å². The van der Waals surface area contributed by atoms with Crippen LogP contribution in [0.1, 0.15) is 5.56 Å². The van der Waals surface area contributed by atoms with E-state index in [1.54, 1.807) is 18.3 Å². The highest BCUT2D eigenvalue weighted by Crippen LogP contribution is 2.33. The van der Waals surface area contributed by atoms with E-state index in [1.165, 1.54) is 18.5 Å². The van der Waals surface area contributed by atoms with Crippen molar-refractivity contribution in [2.45, 2.75) is 6.92 Å². The molecule has 2 aromatic heterocycles. The first-order valence-electron chi connectivity index (χ1n) is 7.35. The first-order chi connectivity index (χ1) is 12.4. The van der Waals surface area contributed by atoms with Crippen LogP contribution in [0, 0.1) is 22.9 Å². The van der Waals surface area contributed by atoms with Crippen LogP contribution >= 0.6 is 11.6 Å². The van der Waals surface area contributed by atoms with Crippen molar-refractivity contribution in [1.29, 1.82) is 0 Å². The summed E-state index contributed by atoms with van der Waals surface area (Å²) in [5, 5.41) is 17.0. The molecular formula is C16H12ClFN6O2. The fraction of sp³-hybridized carbons (Fsp3) is 0.0625. The Bertz CT molecular complexity index is 985. The molecule has 0 fully saturated rings. The number of aromatic nitrogens is 3. The zero-order valence-electron chi connectivity index (χ0n) is 13.4. The van der Waals surface area contributed by atoms with Crippen molar-refractivity contribution in [2.75, 3.05) is 10.6 Å². The van der Waals surface area contributed by atoms with Gasteiger partial charge in [-0.3, -0.25) is 10.1 Å². The number of anilines is 4. The minimum absolute atomic E-state index is 0.0289. The third-order valence-electron chi connectivity index (χ3n) is 3.35. The van der Waals surface area contributed by atoms with Gasteiger partial charge in [0.25, 0.3) is 0 Å². The highest BCUT2D eigenvalue weighted by molar-refractivity contribution is 6.31. The van der Waals surface area contributed by atoms with Gasteiger partial charge < -0.3 is 10.6 Å². The summed E-state index contributed by atoms with van der Waals surface area (Å²) in [6.07, 6.45) is 2.74. The number of aryl methyl sites for hydroxylation is 1. The molecule has 0 unspecified atom stereocenters. The van der Waals surface area contributed by atoms with Gasteiger partial charge in [0, 0.05) is 11.9 Å². The van der Waals surface area contributed by atoms with E-state index in [2.05, 4.69) is 25.6 Å². The quantitative estimate of drug-likeness (QED) is 0.504. The van der Waals surface area contributed by atoms with Crippen LogP contribution < -0.4 is 10.6 Å². The summed E-state index contributed by atoms with van der Waals surface area (Å²) in [4.78, 5) is 22.9. The van der Waals surface area contributed by atoms with Crippen molar-refractivity contribution < 1.29 is 9.31 Å². The summed E-state index contributed by atoms with van der Waals surface area (Å²) in [6.45, 7) is 1.87. The summed E-state index contributed by atoms with van der Waals surface area (Å²) < 4.78 is 13.3. The molecule has 0 aliphatic heterocycles. The topological polar surface area (TPSA) is 106 Å². The Kier molecular flexibility index (Phi) is 4.90. The Balaban J connectivity index is 1.98. The van der Waals surface area contributed by atoms with Crippen LogP contribution in [0.5, 0.6) is 0 Å². The molecule has 0 saturated carbocycles. The number of halogens is 2. The van der Waals surface area contributed by atoms with Gasteiger partial charge in [0.05, 0.1) is 9.95 Å². The maximum atomic E-state index is 13.3. The van der Waals surface area contributed by atoms with Crippen LogP contribution in [-0.4, -0.2) is 19.9 Å². The van der Waals surface area contributed by atoms with E-state index in [-0.39, 0.29) is 22.3 Å². The number of nitrogens with zero attached hydrogens (tertiary/aromatic N) is 4. The van der Waals surface area contributed by atoms with Gasteiger partial charge in [0.1, 0.15) is 18.0 Å². The number of hydrogen-bond acceptors (Lipinski definition) is 7. The molecule has 0 bridgehead atoms. The smallest absolute Gasteiger partial charge is 0.334 e. The van der Waals surface area contributed by atoms with Crippen molar-refractivity contribution in [3.8, 4) is 0 Å². The Labute approximate surface area is 152 Å². The molecule has 3 aromatic rings. The molecule has 3 rings (SSSR count). The molecule has 0 amide bonds. The van der Waals surface area contributed by atoms with Crippen molar-refractivity contribution in [3.05, 3.63) is 69.4 Å². The second-order valence-corrected chi connectivity index (χ2v) is 5.68. The third-order valence-corrected chi connectivity index (χ3v) is 3.64. The van der Waals surface area contributed by atoms with Gasteiger partial charge in [-0.2, -0.15) is 0 Å². The molecule has 0 aliphatic rings. The highest BCUT2D eigenvalue weighted by Gasteiger charge is 2.23. The number of hydrogen-bond donors (Lipinski definition) is 2. The Morgan fingerprint density at radius 2 is 1.85 bits per heavy atom. The van der Waals surface area contributed by atoms with Crippen molar-refractivity contribution in [3.63, 3.8) is 0 Å². The van der Waals surface area contributed by atoms with E-state index in [0.29, 0.717) is 11.5 Å². The van der Waals surface area contributed by atoms with Crippen molar-refractivity contribution in [1.82, 2.24) is 15.0 Å². The SMILES string of the molecule is Cc1ccnc(Nc2ncnc(Nc3ccc(F)c(Cl)c3)c2[N+](=O)[O-])c1. The third kappa shape index (κ3) is 3.83. The lowest BCUT2D eigenvalue weighted by molar-refractivity contribution is -0.383. The minimum Gasteiger partial charge on any atom is -0.334 e. The lowest BCUT2D eigenvalue weighted by atomic mass is 10.3. The summed E-state index contributed by atoms with van der Waals surface area (Å²) in [6, 6.07) is 7.36. The molecular weight excluding hydrogens is 363 g/mol. The molecule has 0 aliphatic carbocycles. The number of rotatable bonds is 5. The predicted octanol–water partition coefficient (Wildman–Crippen LogP) is 4.37. The van der Waals surface area contributed by atoms with Gasteiger partial charge in [-0.1, -0.05) is 11.6 Å². The van der Waals surface area contributed by atoms with E-state index < -0.39 is 10.7 Å². The van der Waals surface area contributed by atoms with E-state index in [0.717, 1.165) is 11.6 Å². The van der Waals surface area contributed by atoms with Crippen molar-refractivity contribution in [2.24, 2.45) is 0 Å². The zero-order chi connectivity index (χ0) is 18.7. The largest absolute Gasteiger partial charge is 0.353 e. The molecule has 132 valence electrons. The van der Waals surface area contributed by atoms with Crippen LogP contribution in [0.15, 0.2) is 42.9 Å². The molecule has 1 aromatic carbocycles. The van der Waals surface area contributed by atoms with Crippen LogP contribution in [0.25, 0.3) is 0 Å². The summed E-state index contributed by atoms with van der Waals surface area (Å²) >= 11 is 5.73. The molecule has 10 heteroatoms. The predicted molar refractivity (Wildman–Crippen MR) is 95.6 cm³/mol. The Morgan fingerprint density at radius 1 is 1.12 bits per heavy atom. The Hall–Kier alpha value is -3.33. The first-order valence-corrected chi connectivity index (χ1v) is 7.73. The summed E-state index contributed by atoms with van der Waals surface area (Å²) in [7, 11) is 0. The highest BCUT2D eigenvalue weighted by atomic mass is 35.5. The van der Waals surface area contributed by atoms with E-state index >= 15 is 0 Å². The number of pyridine rings is 1. The lowest BCUT2D eigenvalue weighted by Crippen LogP contribution is -2.06. The van der Waals surface area contributed by atoms with Gasteiger partial charge in [-0.15, -0.1) is 0 Å². The van der Waals surface area contributed by atoms with Crippen LogP contribution in [0.4, 0.5) is 33.2 Å². The standard InChI is InChI=1S/C16H12ClFN6O2/c1-9-4-5-19-13(6-9)23-16-14(24(25)26)15(20-8-21-16)22-10-2-3-12(18)11(17)7-10/h2-8H,1H3,(H2,19,20,21,22,23).